The van der Waals surface area contributed by atoms with Gasteiger partial charge in [0.1, 0.15) is 7.05 Å². The van der Waals surface area contributed by atoms with E-state index in [2.05, 4.69) is 9.38 Å². The van der Waals surface area contributed by atoms with Crippen molar-refractivity contribution in [3.8, 4) is 0 Å². The summed E-state index contributed by atoms with van der Waals surface area (Å²) in [5.74, 6) is -0.0189. The van der Waals surface area contributed by atoms with Crippen molar-refractivity contribution < 1.29 is 11.4 Å². The molecular formula is C28H34BN2+. The Hall–Kier alpha value is -2.55. The van der Waals surface area contributed by atoms with Gasteiger partial charge in [-0.05, 0) is 61.9 Å². The molecule has 158 valence electrons. The number of aromatic nitrogens is 1. The second-order valence-corrected chi connectivity index (χ2v) is 9.13. The normalized spacial score (nSPS) is 20.7. The summed E-state index contributed by atoms with van der Waals surface area (Å²) in [5.41, 5.74) is 5.38. The number of benzene rings is 2. The number of hydrogen-bond acceptors (Lipinski definition) is 1. The van der Waals surface area contributed by atoms with E-state index in [-0.39, 0.29) is 12.8 Å². The highest BCUT2D eigenvalue weighted by Gasteiger charge is 2.39. The Bertz CT molecular complexity index is 1340. The quantitative estimate of drug-likeness (QED) is 0.407. The molecule has 3 heteroatoms. The monoisotopic (exact) mass is 414 g/mol. The first kappa shape index (κ1) is 15.3. The molecule has 0 unspecified atom stereocenters. The molecule has 1 saturated carbocycles. The molecule has 1 aliphatic carbocycles. The van der Waals surface area contributed by atoms with Crippen molar-refractivity contribution >= 4 is 34.6 Å². The van der Waals surface area contributed by atoms with Crippen molar-refractivity contribution in [1.29, 1.82) is 0 Å². The summed E-state index contributed by atoms with van der Waals surface area (Å²) >= 11 is 0. The highest BCUT2D eigenvalue weighted by atomic mass is 15.1. The van der Waals surface area contributed by atoms with Crippen molar-refractivity contribution in [2.45, 2.75) is 52.3 Å². The first-order chi connectivity index (χ1) is 17.0. The van der Waals surface area contributed by atoms with Crippen molar-refractivity contribution in [2.75, 3.05) is 11.9 Å². The molecule has 1 aromatic heterocycles. The first-order valence-corrected chi connectivity index (χ1v) is 11.5. The van der Waals surface area contributed by atoms with E-state index in [4.69, 9.17) is 4.11 Å². The van der Waals surface area contributed by atoms with Gasteiger partial charge in [-0.2, -0.15) is 0 Å². The summed E-state index contributed by atoms with van der Waals surface area (Å²) in [7, 11) is 4.02. The maximum absolute atomic E-state index is 9.32. The van der Waals surface area contributed by atoms with Gasteiger partial charge in [-0.15, -0.1) is 0 Å². The van der Waals surface area contributed by atoms with Crippen molar-refractivity contribution in [3.63, 3.8) is 0 Å². The van der Waals surface area contributed by atoms with E-state index in [0.29, 0.717) is 11.1 Å². The minimum atomic E-state index is -2.26. The van der Waals surface area contributed by atoms with Crippen LogP contribution in [0.15, 0.2) is 60.1 Å². The van der Waals surface area contributed by atoms with E-state index in [0.717, 1.165) is 58.9 Å². The predicted octanol–water partition coefficient (Wildman–Crippen LogP) is 5.47. The third-order valence-corrected chi connectivity index (χ3v) is 7.23. The Labute approximate surface area is 194 Å². The number of fused-ring (bicyclic) bond motifs is 2. The molecule has 0 saturated heterocycles. The standard InChI is InChI=1S/C28H34BN2/c1-20-21(2)29(31(4)27-17-11-8-14-24(20)27)28-19-23(18-22-12-6-5-7-13-22)25-15-9-10-16-26(25)30(28)3/h8-11,14-17,19,22H,5-7,12-13,18H2,1-4H3/q+1/i1D3,18D2. The number of para-hydroxylation sites is 2. The topological polar surface area (TPSA) is 7.12 Å². The highest BCUT2D eigenvalue weighted by molar-refractivity contribution is 6.83. The zero-order valence-corrected chi connectivity index (χ0v) is 18.8. The molecule has 2 aromatic carbocycles. The van der Waals surface area contributed by atoms with E-state index >= 15 is 0 Å². The number of hydrogen-bond donors (Lipinski definition) is 0. The van der Waals surface area contributed by atoms with E-state index in [1.54, 1.807) is 0 Å². The van der Waals surface area contributed by atoms with Crippen molar-refractivity contribution in [2.24, 2.45) is 13.0 Å². The van der Waals surface area contributed by atoms with Crippen LogP contribution in [-0.2, 0) is 13.4 Å². The second kappa shape index (κ2) is 8.18. The van der Waals surface area contributed by atoms with Crippen LogP contribution in [0.1, 0.15) is 63.9 Å². The average molecular weight is 414 g/mol. The molecule has 1 aliphatic heterocycles. The van der Waals surface area contributed by atoms with Crippen LogP contribution in [0.25, 0.3) is 16.5 Å². The third-order valence-electron chi connectivity index (χ3n) is 7.23. The minimum absolute atomic E-state index is 0.0189. The van der Waals surface area contributed by atoms with Gasteiger partial charge in [-0.25, -0.2) is 4.57 Å². The summed E-state index contributed by atoms with van der Waals surface area (Å²) in [5, 5.41) is 0.927. The van der Waals surface area contributed by atoms with Crippen LogP contribution in [0.2, 0.25) is 0 Å². The number of nitrogens with zero attached hydrogens (tertiary/aromatic N) is 2. The Morgan fingerprint density at radius 1 is 1.10 bits per heavy atom. The molecule has 0 bridgehead atoms. The molecular weight excluding hydrogens is 375 g/mol. The van der Waals surface area contributed by atoms with Crippen molar-refractivity contribution in [1.82, 2.24) is 0 Å². The van der Waals surface area contributed by atoms with Crippen LogP contribution in [0.4, 0.5) is 5.69 Å². The number of rotatable bonds is 3. The van der Waals surface area contributed by atoms with Crippen LogP contribution in [-0.4, -0.2) is 13.9 Å². The maximum atomic E-state index is 9.32. The van der Waals surface area contributed by atoms with E-state index < -0.39 is 13.2 Å². The largest absolute Gasteiger partial charge is 0.404 e. The molecule has 0 atom stereocenters. The molecule has 1 fully saturated rings. The van der Waals surface area contributed by atoms with Crippen LogP contribution in [0.5, 0.6) is 0 Å². The molecule has 0 N–H and O–H groups in total. The summed E-state index contributed by atoms with van der Waals surface area (Å²) < 4.78 is 45.8. The van der Waals surface area contributed by atoms with E-state index in [1.165, 1.54) is 6.42 Å². The SMILES string of the molecule is [2H]C([2H])([2H])C1=C(C)B(c2cc(C([2H])([2H])C3CCCCC3)c3ccccc3[n+]2C)N(C)c2ccccc21. The molecule has 0 amide bonds. The lowest BCUT2D eigenvalue weighted by atomic mass is 9.47. The number of aryl methyl sites for hydroxylation is 1. The zero-order chi connectivity index (χ0) is 25.8. The maximum Gasteiger partial charge on any atom is 0.399 e. The molecule has 2 nitrogen and oxygen atoms in total. The lowest BCUT2D eigenvalue weighted by Crippen LogP contribution is -2.62. The van der Waals surface area contributed by atoms with Gasteiger partial charge in [0.25, 0.3) is 0 Å². The van der Waals surface area contributed by atoms with Crippen LogP contribution < -0.4 is 15.0 Å². The van der Waals surface area contributed by atoms with Gasteiger partial charge in [0.05, 0.1) is 0 Å². The Kier molecular flexibility index (Phi) is 4.04. The lowest BCUT2D eigenvalue weighted by Gasteiger charge is -2.34. The van der Waals surface area contributed by atoms with Gasteiger partial charge in [0, 0.05) is 30.1 Å². The van der Waals surface area contributed by atoms with Crippen LogP contribution >= 0.6 is 0 Å². The molecule has 31 heavy (non-hydrogen) atoms. The average Bonchev–Trinajstić information content (AvgIpc) is 2.85. The third kappa shape index (κ3) is 3.48. The van der Waals surface area contributed by atoms with Gasteiger partial charge >= 0.3 is 6.85 Å². The summed E-state index contributed by atoms with van der Waals surface area (Å²) in [6, 6.07) is 17.7. The molecule has 2 heterocycles. The van der Waals surface area contributed by atoms with Gasteiger partial charge in [-0.3, -0.25) is 0 Å². The fourth-order valence-corrected chi connectivity index (χ4v) is 5.50. The van der Waals surface area contributed by atoms with Crippen LogP contribution in [0.3, 0.4) is 0 Å². The number of pyridine rings is 1. The zero-order valence-electron chi connectivity index (χ0n) is 23.8. The first-order valence-electron chi connectivity index (χ1n) is 14.0. The number of anilines is 1. The summed E-state index contributed by atoms with van der Waals surface area (Å²) in [6.07, 6.45) is 3.64. The summed E-state index contributed by atoms with van der Waals surface area (Å²) in [4.78, 5) is 2.14. The van der Waals surface area contributed by atoms with Crippen molar-refractivity contribution in [3.05, 3.63) is 71.2 Å². The Morgan fingerprint density at radius 3 is 2.65 bits per heavy atom. The molecule has 0 radical (unpaired) electrons. The fraction of sp³-hybridized carbons (Fsp3) is 0.393. The summed E-state index contributed by atoms with van der Waals surface area (Å²) in [6.45, 7) is -0.663. The van der Waals surface area contributed by atoms with Gasteiger partial charge in [0.2, 0.25) is 5.52 Å². The van der Waals surface area contributed by atoms with Gasteiger partial charge in [-0.1, -0.05) is 67.9 Å². The molecule has 3 aromatic rings. The number of allylic oxidation sites excluding steroid dienone is 2. The fourth-order valence-electron chi connectivity index (χ4n) is 5.50. The smallest absolute Gasteiger partial charge is 0.399 e. The van der Waals surface area contributed by atoms with Crippen LogP contribution in [0, 0.1) is 5.92 Å². The second-order valence-electron chi connectivity index (χ2n) is 9.13. The molecule has 5 rings (SSSR count). The highest BCUT2D eigenvalue weighted by Crippen LogP contribution is 2.35. The van der Waals surface area contributed by atoms with Gasteiger partial charge in [0.15, 0.2) is 5.59 Å². The molecule has 0 spiro atoms. The van der Waals surface area contributed by atoms with Gasteiger partial charge < -0.3 is 4.81 Å². The predicted molar refractivity (Wildman–Crippen MR) is 134 cm³/mol. The molecule has 2 aliphatic rings. The Morgan fingerprint density at radius 2 is 1.84 bits per heavy atom. The lowest BCUT2D eigenvalue weighted by molar-refractivity contribution is -0.627. The Balaban J connectivity index is 1.78. The van der Waals surface area contributed by atoms with E-state index in [9.17, 15) is 2.74 Å². The van der Waals surface area contributed by atoms with E-state index in [1.807, 2.05) is 75.6 Å². The minimum Gasteiger partial charge on any atom is -0.404 e.